The Morgan fingerprint density at radius 1 is 1.38 bits per heavy atom. The Kier molecular flexibility index (Phi) is 5.57. The zero-order valence-electron chi connectivity index (χ0n) is 9.78. The van der Waals surface area contributed by atoms with Crippen molar-refractivity contribution in [3.8, 4) is 0 Å². The molecular formula is C13H20N2O. The SMILES string of the molecule is CCC(Cc1ccccc1)NCCC(N)=O. The van der Waals surface area contributed by atoms with Gasteiger partial charge in [0.15, 0.2) is 0 Å². The number of primary amides is 1. The van der Waals surface area contributed by atoms with Crippen LogP contribution in [0.3, 0.4) is 0 Å². The van der Waals surface area contributed by atoms with Crippen molar-refractivity contribution in [2.45, 2.75) is 32.2 Å². The highest BCUT2D eigenvalue weighted by Gasteiger charge is 2.06. The molecule has 88 valence electrons. The summed E-state index contributed by atoms with van der Waals surface area (Å²) in [6, 6.07) is 10.8. The predicted molar refractivity (Wildman–Crippen MR) is 66.0 cm³/mol. The quantitative estimate of drug-likeness (QED) is 0.731. The Hall–Kier alpha value is -1.35. The van der Waals surface area contributed by atoms with Gasteiger partial charge in [0.05, 0.1) is 0 Å². The van der Waals surface area contributed by atoms with Crippen molar-refractivity contribution < 1.29 is 4.79 Å². The maximum atomic E-state index is 10.6. The topological polar surface area (TPSA) is 55.1 Å². The first-order valence-corrected chi connectivity index (χ1v) is 5.78. The highest BCUT2D eigenvalue weighted by Crippen LogP contribution is 2.05. The van der Waals surface area contributed by atoms with E-state index in [1.54, 1.807) is 0 Å². The fourth-order valence-electron chi connectivity index (χ4n) is 1.66. The third-order valence-corrected chi connectivity index (χ3v) is 2.62. The van der Waals surface area contributed by atoms with Crippen molar-refractivity contribution >= 4 is 5.91 Å². The predicted octanol–water partition coefficient (Wildman–Crippen LogP) is 1.47. The lowest BCUT2D eigenvalue weighted by Gasteiger charge is -2.16. The number of amides is 1. The number of rotatable bonds is 7. The van der Waals surface area contributed by atoms with E-state index in [-0.39, 0.29) is 5.91 Å². The van der Waals surface area contributed by atoms with Crippen LogP contribution in [-0.2, 0) is 11.2 Å². The Morgan fingerprint density at radius 3 is 2.62 bits per heavy atom. The van der Waals surface area contributed by atoms with Crippen LogP contribution < -0.4 is 11.1 Å². The summed E-state index contributed by atoms with van der Waals surface area (Å²) < 4.78 is 0. The number of hydrogen-bond donors (Lipinski definition) is 2. The normalized spacial score (nSPS) is 12.3. The molecule has 1 atom stereocenters. The lowest BCUT2D eigenvalue weighted by molar-refractivity contribution is -0.117. The maximum absolute atomic E-state index is 10.6. The van der Waals surface area contributed by atoms with Crippen LogP contribution in [0.5, 0.6) is 0 Å². The van der Waals surface area contributed by atoms with Gasteiger partial charge < -0.3 is 11.1 Å². The average molecular weight is 220 g/mol. The van der Waals surface area contributed by atoms with Gasteiger partial charge in [0.2, 0.25) is 5.91 Å². The largest absolute Gasteiger partial charge is 0.370 e. The molecular weight excluding hydrogens is 200 g/mol. The van der Waals surface area contributed by atoms with Gasteiger partial charge in [-0.05, 0) is 18.4 Å². The summed E-state index contributed by atoms with van der Waals surface area (Å²) in [5.41, 5.74) is 6.41. The molecule has 3 nitrogen and oxygen atoms in total. The molecule has 16 heavy (non-hydrogen) atoms. The minimum absolute atomic E-state index is 0.248. The summed E-state index contributed by atoms with van der Waals surface area (Å²) in [7, 11) is 0. The van der Waals surface area contributed by atoms with Gasteiger partial charge in [0.1, 0.15) is 0 Å². The van der Waals surface area contributed by atoms with Crippen molar-refractivity contribution in [3.63, 3.8) is 0 Å². The zero-order valence-corrected chi connectivity index (χ0v) is 9.78. The van der Waals surface area contributed by atoms with E-state index in [9.17, 15) is 4.79 Å². The van der Waals surface area contributed by atoms with Crippen LogP contribution in [0.1, 0.15) is 25.3 Å². The molecule has 1 rings (SSSR count). The van der Waals surface area contributed by atoms with E-state index < -0.39 is 0 Å². The van der Waals surface area contributed by atoms with Gasteiger partial charge in [-0.2, -0.15) is 0 Å². The molecule has 0 aromatic heterocycles. The summed E-state index contributed by atoms with van der Waals surface area (Å²) >= 11 is 0. The lowest BCUT2D eigenvalue weighted by Crippen LogP contribution is -2.33. The number of carbonyl (C=O) groups excluding carboxylic acids is 1. The van der Waals surface area contributed by atoms with E-state index >= 15 is 0 Å². The van der Waals surface area contributed by atoms with Gasteiger partial charge in [0, 0.05) is 19.0 Å². The molecule has 0 fully saturated rings. The molecule has 0 heterocycles. The fourth-order valence-corrected chi connectivity index (χ4v) is 1.66. The lowest BCUT2D eigenvalue weighted by atomic mass is 10.0. The first kappa shape index (κ1) is 12.7. The van der Waals surface area contributed by atoms with Crippen molar-refractivity contribution in [2.24, 2.45) is 5.73 Å². The maximum Gasteiger partial charge on any atom is 0.218 e. The van der Waals surface area contributed by atoms with Gasteiger partial charge in [-0.25, -0.2) is 0 Å². The molecule has 0 aliphatic rings. The van der Waals surface area contributed by atoms with Crippen LogP contribution in [0.15, 0.2) is 30.3 Å². The molecule has 3 heteroatoms. The standard InChI is InChI=1S/C13H20N2O/c1-2-12(15-9-8-13(14)16)10-11-6-4-3-5-7-11/h3-7,12,15H,2,8-10H2,1H3,(H2,14,16). The molecule has 1 aromatic rings. The molecule has 3 N–H and O–H groups in total. The van der Waals surface area contributed by atoms with Crippen molar-refractivity contribution in [1.29, 1.82) is 0 Å². The van der Waals surface area contributed by atoms with E-state index in [2.05, 4.69) is 24.4 Å². The van der Waals surface area contributed by atoms with E-state index in [1.807, 2.05) is 18.2 Å². The number of hydrogen-bond acceptors (Lipinski definition) is 2. The van der Waals surface area contributed by atoms with E-state index in [4.69, 9.17) is 5.73 Å². The van der Waals surface area contributed by atoms with E-state index in [0.717, 1.165) is 12.8 Å². The van der Waals surface area contributed by atoms with Gasteiger partial charge in [0.25, 0.3) is 0 Å². The van der Waals surface area contributed by atoms with Crippen molar-refractivity contribution in [2.75, 3.05) is 6.54 Å². The minimum Gasteiger partial charge on any atom is -0.370 e. The van der Waals surface area contributed by atoms with Crippen LogP contribution in [0.2, 0.25) is 0 Å². The molecule has 0 saturated carbocycles. The molecule has 0 bridgehead atoms. The second kappa shape index (κ2) is 7.01. The minimum atomic E-state index is -0.248. The summed E-state index contributed by atoms with van der Waals surface area (Å²) in [4.78, 5) is 10.6. The number of benzene rings is 1. The first-order valence-electron chi connectivity index (χ1n) is 5.78. The fraction of sp³-hybridized carbons (Fsp3) is 0.462. The monoisotopic (exact) mass is 220 g/mol. The molecule has 0 spiro atoms. The van der Waals surface area contributed by atoms with Crippen LogP contribution >= 0.6 is 0 Å². The Bertz CT molecular complexity index is 311. The van der Waals surface area contributed by atoms with Crippen LogP contribution in [0.25, 0.3) is 0 Å². The summed E-state index contributed by atoms with van der Waals surface area (Å²) in [6.45, 7) is 2.81. The average Bonchev–Trinajstić information content (AvgIpc) is 2.28. The summed E-state index contributed by atoms with van der Waals surface area (Å²) in [6.07, 6.45) is 2.45. The van der Waals surface area contributed by atoms with Gasteiger partial charge in [-0.15, -0.1) is 0 Å². The smallest absolute Gasteiger partial charge is 0.218 e. The van der Waals surface area contributed by atoms with Gasteiger partial charge in [-0.3, -0.25) is 4.79 Å². The highest BCUT2D eigenvalue weighted by atomic mass is 16.1. The molecule has 1 amide bonds. The molecule has 0 radical (unpaired) electrons. The van der Waals surface area contributed by atoms with Crippen LogP contribution in [0, 0.1) is 0 Å². The third kappa shape index (κ3) is 4.94. The van der Waals surface area contributed by atoms with E-state index in [0.29, 0.717) is 19.0 Å². The molecule has 1 unspecified atom stereocenters. The molecule has 1 aromatic carbocycles. The first-order chi connectivity index (χ1) is 7.72. The zero-order chi connectivity index (χ0) is 11.8. The second-order valence-corrected chi connectivity index (χ2v) is 3.97. The van der Waals surface area contributed by atoms with Crippen molar-refractivity contribution in [1.82, 2.24) is 5.32 Å². The van der Waals surface area contributed by atoms with Crippen molar-refractivity contribution in [3.05, 3.63) is 35.9 Å². The molecule has 0 aliphatic heterocycles. The molecule has 0 aliphatic carbocycles. The van der Waals surface area contributed by atoms with Gasteiger partial charge >= 0.3 is 0 Å². The van der Waals surface area contributed by atoms with E-state index in [1.165, 1.54) is 5.56 Å². The highest BCUT2D eigenvalue weighted by molar-refractivity contribution is 5.73. The Morgan fingerprint density at radius 2 is 2.06 bits per heavy atom. The Labute approximate surface area is 97.0 Å². The Balaban J connectivity index is 2.34. The third-order valence-electron chi connectivity index (χ3n) is 2.62. The second-order valence-electron chi connectivity index (χ2n) is 3.97. The number of nitrogens with two attached hydrogens (primary N) is 1. The van der Waals surface area contributed by atoms with Crippen LogP contribution in [0.4, 0.5) is 0 Å². The van der Waals surface area contributed by atoms with Gasteiger partial charge in [-0.1, -0.05) is 37.3 Å². The summed E-state index contributed by atoms with van der Waals surface area (Å²) in [5, 5.41) is 3.35. The summed E-state index contributed by atoms with van der Waals surface area (Å²) in [5.74, 6) is -0.248. The van der Waals surface area contributed by atoms with Crippen LogP contribution in [-0.4, -0.2) is 18.5 Å². The number of carbonyl (C=O) groups is 1. The number of nitrogens with one attached hydrogen (secondary N) is 1. The molecule has 0 saturated heterocycles.